The second-order valence-corrected chi connectivity index (χ2v) is 5.94. The molecule has 2 aromatic carbocycles. The molecular formula is C16H12INO2. The number of carbonyl (C=O) groups is 2. The van der Waals surface area contributed by atoms with E-state index in [2.05, 4.69) is 27.9 Å². The monoisotopic (exact) mass is 377 g/mol. The first-order valence-corrected chi connectivity index (χ1v) is 7.37. The molecule has 0 fully saturated rings. The number of anilines is 1. The quantitative estimate of drug-likeness (QED) is 0.645. The number of amides is 1. The molecule has 0 bridgehead atoms. The Labute approximate surface area is 130 Å². The van der Waals surface area contributed by atoms with Crippen LogP contribution in [-0.4, -0.2) is 11.7 Å². The van der Waals surface area contributed by atoms with Gasteiger partial charge in [0.2, 0.25) is 5.91 Å². The first-order chi connectivity index (χ1) is 9.56. The van der Waals surface area contributed by atoms with E-state index in [9.17, 15) is 9.59 Å². The van der Waals surface area contributed by atoms with E-state index in [4.69, 9.17) is 0 Å². The van der Waals surface area contributed by atoms with Gasteiger partial charge in [-0.15, -0.1) is 0 Å². The minimum Gasteiger partial charge on any atom is -0.326 e. The fourth-order valence-corrected chi connectivity index (χ4v) is 2.95. The smallest absolute Gasteiger partial charge is 0.228 e. The van der Waals surface area contributed by atoms with E-state index in [1.54, 1.807) is 12.1 Å². The number of fused-ring (bicyclic) bond motifs is 1. The number of aryl methyl sites for hydroxylation is 1. The van der Waals surface area contributed by atoms with Crippen LogP contribution in [0.5, 0.6) is 0 Å². The average Bonchev–Trinajstić information content (AvgIpc) is 2.80. The van der Waals surface area contributed by atoms with Crippen LogP contribution in [0.3, 0.4) is 0 Å². The third-order valence-corrected chi connectivity index (χ3v) is 4.86. The third-order valence-electron chi connectivity index (χ3n) is 3.43. The topological polar surface area (TPSA) is 46.2 Å². The Morgan fingerprint density at radius 1 is 1.25 bits per heavy atom. The van der Waals surface area contributed by atoms with Gasteiger partial charge in [-0.3, -0.25) is 9.59 Å². The second-order valence-electron chi connectivity index (χ2n) is 4.86. The first kappa shape index (κ1) is 13.3. The maximum atomic E-state index is 12.6. The molecule has 0 saturated heterocycles. The third kappa shape index (κ3) is 2.24. The van der Waals surface area contributed by atoms with Gasteiger partial charge in [-0.05, 0) is 64.9 Å². The van der Waals surface area contributed by atoms with Crippen molar-refractivity contribution < 1.29 is 9.59 Å². The molecule has 1 heterocycles. The SMILES string of the molecule is Cc1cccc(C(=O)c2ccc3c(c2)CC(=O)N3)c1I. The highest BCUT2D eigenvalue weighted by atomic mass is 127. The molecule has 1 N–H and O–H groups in total. The molecule has 2 aromatic rings. The number of rotatable bonds is 2. The summed E-state index contributed by atoms with van der Waals surface area (Å²) in [6, 6.07) is 11.1. The van der Waals surface area contributed by atoms with E-state index in [1.807, 2.05) is 31.2 Å². The molecule has 100 valence electrons. The van der Waals surface area contributed by atoms with E-state index in [0.29, 0.717) is 17.5 Å². The fourth-order valence-electron chi connectivity index (χ4n) is 2.35. The van der Waals surface area contributed by atoms with Crippen molar-refractivity contribution in [2.45, 2.75) is 13.3 Å². The molecule has 1 amide bonds. The molecule has 0 unspecified atom stereocenters. The van der Waals surface area contributed by atoms with Crippen molar-refractivity contribution in [3.05, 3.63) is 62.2 Å². The first-order valence-electron chi connectivity index (χ1n) is 6.29. The summed E-state index contributed by atoms with van der Waals surface area (Å²) in [4.78, 5) is 23.9. The Morgan fingerprint density at radius 3 is 2.85 bits per heavy atom. The zero-order chi connectivity index (χ0) is 14.3. The van der Waals surface area contributed by atoms with Crippen LogP contribution in [0.2, 0.25) is 0 Å². The Hall–Kier alpha value is -1.69. The summed E-state index contributed by atoms with van der Waals surface area (Å²) in [5, 5.41) is 2.77. The van der Waals surface area contributed by atoms with Crippen molar-refractivity contribution in [3.63, 3.8) is 0 Å². The molecule has 0 atom stereocenters. The maximum absolute atomic E-state index is 12.6. The highest BCUT2D eigenvalue weighted by molar-refractivity contribution is 14.1. The maximum Gasteiger partial charge on any atom is 0.228 e. The van der Waals surface area contributed by atoms with Crippen molar-refractivity contribution in [1.29, 1.82) is 0 Å². The largest absolute Gasteiger partial charge is 0.326 e. The van der Waals surface area contributed by atoms with Crippen molar-refractivity contribution in [3.8, 4) is 0 Å². The van der Waals surface area contributed by atoms with Crippen molar-refractivity contribution in [2.75, 3.05) is 5.32 Å². The highest BCUT2D eigenvalue weighted by Gasteiger charge is 2.20. The van der Waals surface area contributed by atoms with Crippen molar-refractivity contribution in [1.82, 2.24) is 0 Å². The molecular weight excluding hydrogens is 365 g/mol. The Bertz CT molecular complexity index is 737. The molecule has 0 saturated carbocycles. The van der Waals surface area contributed by atoms with E-state index in [0.717, 1.165) is 20.4 Å². The molecule has 0 aromatic heterocycles. The summed E-state index contributed by atoms with van der Waals surface area (Å²) in [6.45, 7) is 1.99. The molecule has 0 spiro atoms. The van der Waals surface area contributed by atoms with Gasteiger partial charge in [-0.1, -0.05) is 12.1 Å². The molecule has 20 heavy (non-hydrogen) atoms. The normalized spacial score (nSPS) is 13.0. The standard InChI is InChI=1S/C16H12INO2/c1-9-3-2-4-12(15(9)17)16(20)10-5-6-13-11(7-10)8-14(19)18-13/h2-7H,8H2,1H3,(H,18,19). The van der Waals surface area contributed by atoms with Gasteiger partial charge in [0.1, 0.15) is 0 Å². The summed E-state index contributed by atoms with van der Waals surface area (Å²) < 4.78 is 0.977. The van der Waals surface area contributed by atoms with E-state index >= 15 is 0 Å². The Balaban J connectivity index is 2.02. The average molecular weight is 377 g/mol. The van der Waals surface area contributed by atoms with Crippen LogP contribution in [0.15, 0.2) is 36.4 Å². The second kappa shape index (κ2) is 5.01. The van der Waals surface area contributed by atoms with Crippen molar-refractivity contribution >= 4 is 40.0 Å². The number of carbonyl (C=O) groups excluding carboxylic acids is 2. The lowest BCUT2D eigenvalue weighted by atomic mass is 9.99. The zero-order valence-electron chi connectivity index (χ0n) is 10.9. The van der Waals surface area contributed by atoms with Gasteiger partial charge < -0.3 is 5.32 Å². The lowest BCUT2D eigenvalue weighted by molar-refractivity contribution is -0.115. The predicted molar refractivity (Wildman–Crippen MR) is 86.1 cm³/mol. The van der Waals surface area contributed by atoms with E-state index in [1.165, 1.54) is 0 Å². The van der Waals surface area contributed by atoms with E-state index < -0.39 is 0 Å². The van der Waals surface area contributed by atoms with Gasteiger partial charge >= 0.3 is 0 Å². The van der Waals surface area contributed by atoms with Crippen LogP contribution in [-0.2, 0) is 11.2 Å². The molecule has 3 nitrogen and oxygen atoms in total. The summed E-state index contributed by atoms with van der Waals surface area (Å²) in [7, 11) is 0. The summed E-state index contributed by atoms with van der Waals surface area (Å²) >= 11 is 2.20. The van der Waals surface area contributed by atoms with Gasteiger partial charge in [0, 0.05) is 20.4 Å². The summed E-state index contributed by atoms with van der Waals surface area (Å²) in [5.74, 6) is -0.0185. The number of nitrogens with one attached hydrogen (secondary N) is 1. The molecule has 4 heteroatoms. The summed E-state index contributed by atoms with van der Waals surface area (Å²) in [6.07, 6.45) is 0.349. The molecule has 1 aliphatic rings. The molecule has 0 aliphatic carbocycles. The van der Waals surface area contributed by atoms with Gasteiger partial charge in [0.05, 0.1) is 6.42 Å². The van der Waals surface area contributed by atoms with Crippen LogP contribution < -0.4 is 5.32 Å². The van der Waals surface area contributed by atoms with Crippen LogP contribution in [0.1, 0.15) is 27.0 Å². The highest BCUT2D eigenvalue weighted by Crippen LogP contribution is 2.26. The van der Waals surface area contributed by atoms with Gasteiger partial charge in [0.25, 0.3) is 0 Å². The van der Waals surface area contributed by atoms with Gasteiger partial charge in [-0.2, -0.15) is 0 Å². The predicted octanol–water partition coefficient (Wildman–Crippen LogP) is 3.33. The van der Waals surface area contributed by atoms with Crippen LogP contribution in [0.25, 0.3) is 0 Å². The number of hydrogen-bond donors (Lipinski definition) is 1. The van der Waals surface area contributed by atoms with Gasteiger partial charge in [0.15, 0.2) is 5.78 Å². The Morgan fingerprint density at radius 2 is 2.05 bits per heavy atom. The molecule has 3 rings (SSSR count). The minimum absolute atomic E-state index is 0.000231. The fraction of sp³-hybridized carbons (Fsp3) is 0.125. The lowest BCUT2D eigenvalue weighted by Crippen LogP contribution is -2.05. The van der Waals surface area contributed by atoms with E-state index in [-0.39, 0.29) is 11.7 Å². The van der Waals surface area contributed by atoms with Crippen LogP contribution >= 0.6 is 22.6 Å². The summed E-state index contributed by atoms with van der Waals surface area (Å²) in [5.41, 5.74) is 4.13. The van der Waals surface area contributed by atoms with Crippen molar-refractivity contribution in [2.24, 2.45) is 0 Å². The molecule has 0 radical (unpaired) electrons. The molecule has 1 aliphatic heterocycles. The zero-order valence-corrected chi connectivity index (χ0v) is 13.0. The number of halogens is 1. The Kier molecular flexibility index (Phi) is 3.33. The van der Waals surface area contributed by atoms with Crippen LogP contribution in [0, 0.1) is 10.5 Å². The lowest BCUT2D eigenvalue weighted by Gasteiger charge is -2.07. The number of benzene rings is 2. The number of ketones is 1. The minimum atomic E-state index is -0.0188. The number of hydrogen-bond acceptors (Lipinski definition) is 2. The van der Waals surface area contributed by atoms with Crippen LogP contribution in [0.4, 0.5) is 5.69 Å². The van der Waals surface area contributed by atoms with Gasteiger partial charge in [-0.25, -0.2) is 0 Å².